The molecule has 0 fully saturated rings. The van der Waals surface area contributed by atoms with Crippen LogP contribution in [0.5, 0.6) is 0 Å². The number of sulfonamides is 1. The zero-order valence-electron chi connectivity index (χ0n) is 33.8. The average Bonchev–Trinajstić information content (AvgIpc) is 3.22. The van der Waals surface area contributed by atoms with E-state index in [1.165, 1.54) is 55.6 Å². The summed E-state index contributed by atoms with van der Waals surface area (Å²) in [5.41, 5.74) is 0.854. The summed E-state index contributed by atoms with van der Waals surface area (Å²) in [7, 11) is -11.1. The standard InChI is InChI=1S/C34H34N14O10S4.2Na/c1-37-29-43-31(39-21-9-13-25(14-10-21)59-58-57-35)47-33(45-29)41-23-7-5-19(27(17-23)61(51,52)53)3-4-20-6-8-24(18-28(20)62(54,55)56)42-34-46-30(38-2)44-32(48-34)40-22-11-15-26(16-12-22)60(36,49)50;;/h3-18H,35H2,1-2H3,(H2,36,49,50)(H,51,52,53)(H,54,55,56)(H3,37,39,41,43,45,47)(H3,38,40,42,44,46,48);;/q;2*+1/p-2/b4-3+;;. The second-order valence-corrected chi connectivity index (χ2v) is 17.2. The molecule has 4 aromatic carbocycles. The van der Waals surface area contributed by atoms with Gasteiger partial charge in [-0.15, -0.1) is 9.32 Å². The van der Waals surface area contributed by atoms with E-state index in [1.807, 2.05) is 0 Å². The first-order valence-corrected chi connectivity index (χ1v) is 22.3. The van der Waals surface area contributed by atoms with Gasteiger partial charge in [-0.2, -0.15) is 35.8 Å². The smallest absolute Gasteiger partial charge is 0.744 e. The van der Waals surface area contributed by atoms with Crippen LogP contribution in [0.1, 0.15) is 11.1 Å². The van der Waals surface area contributed by atoms with Crippen molar-refractivity contribution in [1.82, 2.24) is 29.9 Å². The molecule has 10 N–H and O–H groups in total. The Morgan fingerprint density at radius 2 is 0.891 bits per heavy atom. The minimum absolute atomic E-state index is 0. The molecule has 0 atom stereocenters. The predicted octanol–water partition coefficient (Wildman–Crippen LogP) is -2.42. The number of hydrogen-bond donors (Lipinski definition) is 8. The van der Waals surface area contributed by atoms with E-state index in [1.54, 1.807) is 31.3 Å². The SMILES string of the molecule is CNc1nc(Nc2ccc(SOON)cc2)nc(Nc2ccc(/C=C/c3ccc(Nc4nc(NC)nc(Nc5ccc(S(N)(=O)=O)cc5)n4)cc3S(=O)(=O)[O-])c(S(=O)(=O)[O-])c2)n1.[Na+].[Na+]. The molecule has 0 bridgehead atoms. The average molecular weight is 971 g/mol. The third-order valence-electron chi connectivity index (χ3n) is 7.96. The van der Waals surface area contributed by atoms with Gasteiger partial charge in [-0.05, 0) is 83.9 Å². The molecule has 0 aliphatic rings. The van der Waals surface area contributed by atoms with Crippen molar-refractivity contribution in [2.24, 2.45) is 11.0 Å². The summed E-state index contributed by atoms with van der Waals surface area (Å²) >= 11 is 0.889. The molecule has 2 aromatic heterocycles. The van der Waals surface area contributed by atoms with Crippen molar-refractivity contribution in [3.63, 3.8) is 0 Å². The molecule has 2 heterocycles. The van der Waals surface area contributed by atoms with Gasteiger partial charge in [0.25, 0.3) is 0 Å². The van der Waals surface area contributed by atoms with Crippen molar-refractivity contribution >= 4 is 113 Å². The van der Waals surface area contributed by atoms with E-state index in [-0.39, 0.29) is 122 Å². The number of rotatable bonds is 18. The van der Waals surface area contributed by atoms with E-state index < -0.39 is 40.1 Å². The number of nitrogens with one attached hydrogen (secondary N) is 6. The Kier molecular flexibility index (Phi) is 18.3. The largest absolute Gasteiger partial charge is 1.00 e. The zero-order valence-corrected chi connectivity index (χ0v) is 41.1. The third kappa shape index (κ3) is 14.5. The minimum atomic E-state index is -5.15. The topological polar surface area (TPSA) is 369 Å². The van der Waals surface area contributed by atoms with Crippen LogP contribution in [0.4, 0.5) is 58.4 Å². The molecule has 0 unspecified atom stereocenters. The Bertz CT molecular complexity index is 2980. The van der Waals surface area contributed by atoms with Gasteiger partial charge >= 0.3 is 59.1 Å². The monoisotopic (exact) mass is 970 g/mol. The number of nitrogens with two attached hydrogens (primary N) is 2. The molecule has 24 nitrogen and oxygen atoms in total. The van der Waals surface area contributed by atoms with Crippen LogP contribution >= 0.6 is 12.0 Å². The molecule has 0 aliphatic carbocycles. The Morgan fingerprint density at radius 3 is 1.23 bits per heavy atom. The summed E-state index contributed by atoms with van der Waals surface area (Å²) in [5.74, 6) is 5.05. The van der Waals surface area contributed by atoms with E-state index in [4.69, 9.17) is 11.0 Å². The molecule has 0 amide bonds. The summed E-state index contributed by atoms with van der Waals surface area (Å²) < 4.78 is 103. The van der Waals surface area contributed by atoms with Crippen molar-refractivity contribution in [2.45, 2.75) is 19.6 Å². The van der Waals surface area contributed by atoms with Crippen LogP contribution in [0.2, 0.25) is 0 Å². The number of aromatic nitrogens is 6. The fraction of sp³-hybridized carbons (Fsp3) is 0.0588. The first-order chi connectivity index (χ1) is 29.4. The van der Waals surface area contributed by atoms with Crippen LogP contribution in [-0.2, 0) is 39.6 Å². The second kappa shape index (κ2) is 22.5. The maximum absolute atomic E-state index is 12.5. The number of nitrogens with zero attached hydrogens (tertiary/aromatic N) is 6. The maximum atomic E-state index is 12.5. The number of benzene rings is 4. The van der Waals surface area contributed by atoms with Crippen LogP contribution in [0.3, 0.4) is 0 Å². The Morgan fingerprint density at radius 1 is 0.547 bits per heavy atom. The van der Waals surface area contributed by atoms with Gasteiger partial charge in [-0.3, -0.25) is 0 Å². The summed E-state index contributed by atoms with van der Waals surface area (Å²) in [4.78, 5) is 28.7. The van der Waals surface area contributed by atoms with E-state index in [2.05, 4.69) is 71.1 Å². The molecule has 6 aromatic rings. The third-order valence-corrected chi connectivity index (χ3v) is 11.3. The van der Waals surface area contributed by atoms with Crippen molar-refractivity contribution in [2.75, 3.05) is 46.0 Å². The molecule has 0 saturated carbocycles. The fourth-order valence-electron chi connectivity index (χ4n) is 5.21. The van der Waals surface area contributed by atoms with Gasteiger partial charge in [0.2, 0.25) is 45.7 Å². The first kappa shape index (κ1) is 52.0. The zero-order chi connectivity index (χ0) is 44.7. The Balaban J connectivity index is 0.00000449. The van der Waals surface area contributed by atoms with Gasteiger partial charge in [0.15, 0.2) is 0 Å². The van der Waals surface area contributed by atoms with Crippen LogP contribution in [0, 0.1) is 0 Å². The van der Waals surface area contributed by atoms with E-state index in [9.17, 15) is 34.4 Å². The number of anilines is 10. The summed E-state index contributed by atoms with van der Waals surface area (Å²) in [5, 5.41) is 22.3. The molecule has 6 rings (SSSR count). The number of primary sulfonamides is 1. The van der Waals surface area contributed by atoms with Crippen LogP contribution in [-0.4, -0.2) is 78.4 Å². The van der Waals surface area contributed by atoms with Crippen molar-refractivity contribution in [3.05, 3.63) is 96.1 Å². The molecule has 0 saturated heterocycles. The van der Waals surface area contributed by atoms with Gasteiger partial charge < -0.3 is 41.0 Å². The van der Waals surface area contributed by atoms with Crippen molar-refractivity contribution in [1.29, 1.82) is 0 Å². The summed E-state index contributed by atoms with van der Waals surface area (Å²) in [6.07, 6.45) is 2.32. The van der Waals surface area contributed by atoms with E-state index in [0.717, 1.165) is 36.3 Å². The van der Waals surface area contributed by atoms with Crippen LogP contribution in [0.15, 0.2) is 105 Å². The van der Waals surface area contributed by atoms with Crippen LogP contribution < -0.4 is 102 Å². The van der Waals surface area contributed by atoms with Gasteiger partial charge in [0, 0.05) is 41.7 Å². The summed E-state index contributed by atoms with van der Waals surface area (Å²) in [6, 6.07) is 19.7. The van der Waals surface area contributed by atoms with Crippen molar-refractivity contribution < 1.29 is 103 Å². The molecule has 0 radical (unpaired) electrons. The molecule has 64 heavy (non-hydrogen) atoms. The first-order valence-electron chi connectivity index (χ1n) is 17.2. The maximum Gasteiger partial charge on any atom is 1.00 e. The second-order valence-electron chi connectivity index (χ2n) is 12.2. The molecule has 30 heteroatoms. The molecule has 0 aliphatic heterocycles. The molecule has 324 valence electrons. The van der Waals surface area contributed by atoms with E-state index in [0.29, 0.717) is 16.3 Å². The summed E-state index contributed by atoms with van der Waals surface area (Å²) in [6.45, 7) is 0. The normalized spacial score (nSPS) is 11.5. The molecular formula is C34H32N14Na2O10S4. The van der Waals surface area contributed by atoms with Gasteiger partial charge in [0.05, 0.1) is 26.7 Å². The molecule has 0 spiro atoms. The minimum Gasteiger partial charge on any atom is -0.744 e. The van der Waals surface area contributed by atoms with Gasteiger partial charge in [-0.25, -0.2) is 30.4 Å². The number of hydrogen-bond acceptors (Lipinski definition) is 24. The predicted molar refractivity (Wildman–Crippen MR) is 226 cm³/mol. The Labute approximate surface area is 414 Å². The van der Waals surface area contributed by atoms with E-state index >= 15 is 0 Å². The van der Waals surface area contributed by atoms with Gasteiger partial charge in [0.1, 0.15) is 20.2 Å². The Hall–Kier alpha value is -4.60. The van der Waals surface area contributed by atoms with Crippen LogP contribution in [0.25, 0.3) is 12.2 Å². The van der Waals surface area contributed by atoms with Gasteiger partial charge in [-0.1, -0.05) is 24.3 Å². The quantitative estimate of drug-likeness (QED) is 0.0111. The fourth-order valence-corrected chi connectivity index (χ4v) is 7.48. The molecular weight excluding hydrogens is 939 g/mol. The van der Waals surface area contributed by atoms with Crippen molar-refractivity contribution in [3.8, 4) is 0 Å².